The lowest BCUT2D eigenvalue weighted by molar-refractivity contribution is -0.114. The van der Waals surface area contributed by atoms with E-state index < -0.39 is 5.91 Å². The molecule has 1 aliphatic rings. The molecule has 0 aromatic heterocycles. The molecule has 1 rings (SSSR count). The number of ether oxygens (including phenoxy) is 1. The van der Waals surface area contributed by atoms with Gasteiger partial charge in [-0.15, -0.1) is 0 Å². The summed E-state index contributed by atoms with van der Waals surface area (Å²) in [6.45, 7) is 0. The van der Waals surface area contributed by atoms with Crippen LogP contribution in [-0.2, 0) is 9.53 Å². The monoisotopic (exact) mass is 154 g/mol. The SMILES string of the molecule is COC1C=NC(C(N)=O)=CC1. The molecule has 0 saturated carbocycles. The van der Waals surface area contributed by atoms with Crippen molar-refractivity contribution < 1.29 is 9.53 Å². The van der Waals surface area contributed by atoms with Crippen molar-refractivity contribution >= 4 is 12.1 Å². The topological polar surface area (TPSA) is 64.7 Å². The normalized spacial score (nSPS) is 23.0. The van der Waals surface area contributed by atoms with E-state index in [-0.39, 0.29) is 6.10 Å². The minimum absolute atomic E-state index is 0.0156. The number of aliphatic imine (C=N–C) groups is 1. The minimum Gasteiger partial charge on any atom is -0.375 e. The van der Waals surface area contributed by atoms with Crippen LogP contribution in [0.2, 0.25) is 0 Å². The predicted octanol–water partition coefficient (Wildman–Crippen LogP) is -0.155. The van der Waals surface area contributed by atoms with Crippen molar-refractivity contribution in [2.75, 3.05) is 7.11 Å². The van der Waals surface area contributed by atoms with E-state index in [1.54, 1.807) is 19.4 Å². The summed E-state index contributed by atoms with van der Waals surface area (Å²) < 4.78 is 4.97. The Morgan fingerprint density at radius 3 is 3.00 bits per heavy atom. The molecule has 0 bridgehead atoms. The van der Waals surface area contributed by atoms with Gasteiger partial charge in [-0.05, 0) is 6.42 Å². The van der Waals surface area contributed by atoms with E-state index >= 15 is 0 Å². The van der Waals surface area contributed by atoms with Gasteiger partial charge in [0, 0.05) is 13.3 Å². The fraction of sp³-hybridized carbons (Fsp3) is 0.429. The third-order valence-corrected chi connectivity index (χ3v) is 1.48. The average molecular weight is 154 g/mol. The standard InChI is InChI=1S/C7H10N2O2/c1-11-5-2-3-6(7(8)10)9-4-5/h3-5H,2H2,1H3,(H2,8,10). The number of carbonyl (C=O) groups is 1. The fourth-order valence-electron chi connectivity index (χ4n) is 0.826. The van der Waals surface area contributed by atoms with E-state index in [1.165, 1.54) is 0 Å². The van der Waals surface area contributed by atoms with Crippen molar-refractivity contribution in [3.05, 3.63) is 11.8 Å². The van der Waals surface area contributed by atoms with Gasteiger partial charge in [-0.3, -0.25) is 9.79 Å². The molecule has 11 heavy (non-hydrogen) atoms. The van der Waals surface area contributed by atoms with E-state index in [2.05, 4.69) is 4.99 Å². The first-order valence-electron chi connectivity index (χ1n) is 3.31. The third-order valence-electron chi connectivity index (χ3n) is 1.48. The Hall–Kier alpha value is -1.16. The van der Waals surface area contributed by atoms with Gasteiger partial charge in [0.1, 0.15) is 5.70 Å². The molecular weight excluding hydrogens is 144 g/mol. The second kappa shape index (κ2) is 3.30. The smallest absolute Gasteiger partial charge is 0.266 e. The first kappa shape index (κ1) is 7.94. The van der Waals surface area contributed by atoms with E-state index in [0.29, 0.717) is 12.1 Å². The highest BCUT2D eigenvalue weighted by atomic mass is 16.5. The van der Waals surface area contributed by atoms with Crippen molar-refractivity contribution in [2.45, 2.75) is 12.5 Å². The lowest BCUT2D eigenvalue weighted by Crippen LogP contribution is -2.20. The molecule has 1 unspecified atom stereocenters. The van der Waals surface area contributed by atoms with Gasteiger partial charge in [-0.1, -0.05) is 6.08 Å². The van der Waals surface area contributed by atoms with Crippen LogP contribution in [0.5, 0.6) is 0 Å². The fourth-order valence-corrected chi connectivity index (χ4v) is 0.826. The Bertz CT molecular complexity index is 220. The number of carbonyl (C=O) groups excluding carboxylic acids is 1. The van der Waals surface area contributed by atoms with Crippen LogP contribution < -0.4 is 5.73 Å². The number of rotatable bonds is 2. The van der Waals surface area contributed by atoms with Crippen molar-refractivity contribution in [3.63, 3.8) is 0 Å². The van der Waals surface area contributed by atoms with Gasteiger partial charge in [0.15, 0.2) is 0 Å². The Labute approximate surface area is 64.7 Å². The summed E-state index contributed by atoms with van der Waals surface area (Å²) in [5.41, 5.74) is 5.31. The summed E-state index contributed by atoms with van der Waals surface area (Å²) in [5.74, 6) is -0.490. The molecule has 0 aromatic rings. The van der Waals surface area contributed by atoms with E-state index in [0.717, 1.165) is 0 Å². The maximum atomic E-state index is 10.5. The molecule has 4 nitrogen and oxygen atoms in total. The molecular formula is C7H10N2O2. The number of nitrogens with zero attached hydrogens (tertiary/aromatic N) is 1. The highest BCUT2D eigenvalue weighted by Gasteiger charge is 2.10. The van der Waals surface area contributed by atoms with Crippen molar-refractivity contribution in [1.82, 2.24) is 0 Å². The summed E-state index contributed by atoms with van der Waals surface area (Å²) in [6, 6.07) is 0. The molecule has 0 aliphatic carbocycles. The Morgan fingerprint density at radius 2 is 2.64 bits per heavy atom. The van der Waals surface area contributed by atoms with Crippen LogP contribution in [-0.4, -0.2) is 25.3 Å². The van der Waals surface area contributed by atoms with Gasteiger partial charge < -0.3 is 10.5 Å². The van der Waals surface area contributed by atoms with Crippen LogP contribution in [0.1, 0.15) is 6.42 Å². The average Bonchev–Trinajstić information content (AvgIpc) is 2.05. The maximum Gasteiger partial charge on any atom is 0.266 e. The molecule has 0 saturated heterocycles. The summed E-state index contributed by atoms with van der Waals surface area (Å²) in [5, 5.41) is 0. The Balaban J connectivity index is 2.60. The predicted molar refractivity (Wildman–Crippen MR) is 41.2 cm³/mol. The second-order valence-electron chi connectivity index (χ2n) is 2.24. The maximum absolute atomic E-state index is 10.5. The quantitative estimate of drug-likeness (QED) is 0.600. The second-order valence-corrected chi connectivity index (χ2v) is 2.24. The first-order valence-corrected chi connectivity index (χ1v) is 3.31. The number of hydrogen-bond acceptors (Lipinski definition) is 3. The molecule has 1 heterocycles. The molecule has 1 amide bonds. The highest BCUT2D eigenvalue weighted by molar-refractivity contribution is 5.94. The molecule has 60 valence electrons. The molecule has 2 N–H and O–H groups in total. The van der Waals surface area contributed by atoms with Crippen LogP contribution in [0.3, 0.4) is 0 Å². The van der Waals surface area contributed by atoms with Crippen LogP contribution in [0.4, 0.5) is 0 Å². The lowest BCUT2D eigenvalue weighted by atomic mass is 10.2. The van der Waals surface area contributed by atoms with Crippen molar-refractivity contribution in [3.8, 4) is 0 Å². The van der Waals surface area contributed by atoms with Gasteiger partial charge in [-0.2, -0.15) is 0 Å². The van der Waals surface area contributed by atoms with Crippen molar-refractivity contribution in [2.24, 2.45) is 10.7 Å². The van der Waals surface area contributed by atoms with Crippen LogP contribution >= 0.6 is 0 Å². The van der Waals surface area contributed by atoms with Gasteiger partial charge >= 0.3 is 0 Å². The number of primary amides is 1. The largest absolute Gasteiger partial charge is 0.375 e. The van der Waals surface area contributed by atoms with E-state index in [1.807, 2.05) is 0 Å². The molecule has 1 atom stereocenters. The van der Waals surface area contributed by atoms with E-state index in [4.69, 9.17) is 10.5 Å². The highest BCUT2D eigenvalue weighted by Crippen LogP contribution is 2.07. The minimum atomic E-state index is -0.490. The number of hydrogen-bond donors (Lipinski definition) is 1. The molecule has 1 aliphatic heterocycles. The van der Waals surface area contributed by atoms with Crippen LogP contribution in [0.15, 0.2) is 16.8 Å². The summed E-state index contributed by atoms with van der Waals surface area (Å²) in [7, 11) is 1.60. The van der Waals surface area contributed by atoms with Gasteiger partial charge in [0.25, 0.3) is 5.91 Å². The molecule has 4 heteroatoms. The van der Waals surface area contributed by atoms with E-state index in [9.17, 15) is 4.79 Å². The summed E-state index contributed by atoms with van der Waals surface area (Å²) in [6.07, 6.45) is 3.91. The molecule has 0 fully saturated rings. The zero-order valence-corrected chi connectivity index (χ0v) is 6.28. The van der Waals surface area contributed by atoms with Gasteiger partial charge in [-0.25, -0.2) is 0 Å². The first-order chi connectivity index (χ1) is 5.24. The summed E-state index contributed by atoms with van der Waals surface area (Å²) in [4.78, 5) is 14.4. The van der Waals surface area contributed by atoms with Gasteiger partial charge in [0.2, 0.25) is 0 Å². The molecule has 0 radical (unpaired) electrons. The summed E-state index contributed by atoms with van der Waals surface area (Å²) >= 11 is 0. The molecule has 0 spiro atoms. The lowest BCUT2D eigenvalue weighted by Gasteiger charge is -2.11. The molecule has 0 aromatic carbocycles. The van der Waals surface area contributed by atoms with Gasteiger partial charge in [0.05, 0.1) is 6.10 Å². The Morgan fingerprint density at radius 1 is 1.91 bits per heavy atom. The zero-order valence-electron chi connectivity index (χ0n) is 6.28. The number of amides is 1. The number of methoxy groups -OCH3 is 1. The van der Waals surface area contributed by atoms with Crippen LogP contribution in [0.25, 0.3) is 0 Å². The Kier molecular flexibility index (Phi) is 2.38. The third kappa shape index (κ3) is 1.88. The van der Waals surface area contributed by atoms with Crippen molar-refractivity contribution in [1.29, 1.82) is 0 Å². The number of nitrogens with two attached hydrogens (primary N) is 1. The zero-order chi connectivity index (χ0) is 8.27. The van der Waals surface area contributed by atoms with Crippen LogP contribution in [0, 0.1) is 0 Å².